The molecule has 2 bridgehead atoms. The highest BCUT2D eigenvalue weighted by Gasteiger charge is 2.64. The molecular weight excluding hydrogens is 280 g/mol. The van der Waals surface area contributed by atoms with E-state index in [1.807, 2.05) is 18.2 Å². The summed E-state index contributed by atoms with van der Waals surface area (Å²) in [6.07, 6.45) is 3.68. The third-order valence-electron chi connectivity index (χ3n) is 5.46. The Labute approximate surface area is 131 Å². The molecule has 1 aromatic heterocycles. The number of pyridine rings is 1. The van der Waals surface area contributed by atoms with Gasteiger partial charge in [0.15, 0.2) is 0 Å². The highest BCUT2D eigenvalue weighted by atomic mass is 16.5. The summed E-state index contributed by atoms with van der Waals surface area (Å²) >= 11 is 0. The number of ether oxygens (including phenoxy) is 1. The van der Waals surface area contributed by atoms with Crippen LogP contribution in [0.15, 0.2) is 24.4 Å². The van der Waals surface area contributed by atoms with Crippen LogP contribution < -0.4 is 4.74 Å². The minimum absolute atomic E-state index is 0.116. The van der Waals surface area contributed by atoms with Crippen molar-refractivity contribution in [3.05, 3.63) is 24.4 Å². The molecule has 1 amide bonds. The Morgan fingerprint density at radius 3 is 2.86 bits per heavy atom. The van der Waals surface area contributed by atoms with E-state index in [4.69, 9.17) is 4.74 Å². The number of nitrogens with zero attached hydrogens (tertiary/aromatic N) is 2. The maximum absolute atomic E-state index is 11.8. The third kappa shape index (κ3) is 2.14. The number of carboxylic acid groups (broad SMARTS) is 1. The van der Waals surface area contributed by atoms with Gasteiger partial charge >= 0.3 is 6.09 Å². The molecule has 3 heterocycles. The van der Waals surface area contributed by atoms with E-state index in [9.17, 15) is 9.90 Å². The number of hydrogen-bond donors (Lipinski definition) is 1. The van der Waals surface area contributed by atoms with E-state index in [1.54, 1.807) is 11.1 Å². The van der Waals surface area contributed by atoms with Crippen molar-refractivity contribution < 1.29 is 14.6 Å². The lowest BCUT2D eigenvalue weighted by atomic mass is 9.63. The van der Waals surface area contributed by atoms with Gasteiger partial charge < -0.3 is 9.84 Å². The van der Waals surface area contributed by atoms with Crippen LogP contribution in [0.2, 0.25) is 0 Å². The van der Waals surface area contributed by atoms with Crippen LogP contribution in [0.3, 0.4) is 0 Å². The quantitative estimate of drug-likeness (QED) is 0.929. The first kappa shape index (κ1) is 15.1. The van der Waals surface area contributed by atoms with E-state index in [1.165, 1.54) is 0 Å². The smallest absolute Gasteiger partial charge is 0.408 e. The Hall–Kier alpha value is -1.78. The van der Waals surface area contributed by atoms with E-state index in [0.29, 0.717) is 12.5 Å². The molecule has 120 valence electrons. The highest BCUT2D eigenvalue weighted by molar-refractivity contribution is 5.68. The lowest BCUT2D eigenvalue weighted by Crippen LogP contribution is -2.57. The summed E-state index contributed by atoms with van der Waals surface area (Å²) in [5, 5.41) is 9.70. The van der Waals surface area contributed by atoms with Crippen molar-refractivity contribution in [2.45, 2.75) is 51.6 Å². The molecule has 0 spiro atoms. The van der Waals surface area contributed by atoms with Crippen LogP contribution >= 0.6 is 0 Å². The number of hydrogen-bond acceptors (Lipinski definition) is 3. The molecular formula is C17H24N2O3. The Balaban J connectivity index is 1.84. The molecule has 22 heavy (non-hydrogen) atoms. The van der Waals surface area contributed by atoms with Gasteiger partial charge in [0.1, 0.15) is 0 Å². The molecule has 3 rings (SSSR count). The first-order chi connectivity index (χ1) is 10.4. The summed E-state index contributed by atoms with van der Waals surface area (Å²) in [5.74, 6) is 0.820. The highest BCUT2D eigenvalue weighted by Crippen LogP contribution is 2.58. The summed E-state index contributed by atoms with van der Waals surface area (Å²) in [4.78, 5) is 17.7. The van der Waals surface area contributed by atoms with E-state index in [2.05, 4.69) is 25.8 Å². The molecule has 1 N–H and O–H groups in total. The van der Waals surface area contributed by atoms with E-state index < -0.39 is 6.09 Å². The molecule has 2 fully saturated rings. The van der Waals surface area contributed by atoms with Gasteiger partial charge in [0.2, 0.25) is 5.88 Å². The Morgan fingerprint density at radius 2 is 2.27 bits per heavy atom. The van der Waals surface area contributed by atoms with Gasteiger partial charge in [-0.2, -0.15) is 0 Å². The lowest BCUT2D eigenvalue weighted by molar-refractivity contribution is 0.000824. The predicted octanol–water partition coefficient (Wildman–Crippen LogP) is 3.41. The molecule has 5 nitrogen and oxygen atoms in total. The SMILES string of the molecule is CC(C)(C)[C@]12CC[C@H](C[C@H]1COc1ccccn1)N2C(=O)O. The van der Waals surface area contributed by atoms with Crippen molar-refractivity contribution in [2.24, 2.45) is 11.3 Å². The van der Waals surface area contributed by atoms with E-state index >= 15 is 0 Å². The molecule has 0 aromatic carbocycles. The van der Waals surface area contributed by atoms with E-state index in [0.717, 1.165) is 19.3 Å². The number of rotatable bonds is 3. The first-order valence-corrected chi connectivity index (χ1v) is 7.92. The normalized spacial score (nSPS) is 30.6. The monoisotopic (exact) mass is 304 g/mol. The standard InChI is InChI=1S/C17H24N2O3/c1-16(2,3)17-8-7-13(19(17)15(20)21)10-12(17)11-22-14-6-4-5-9-18-14/h4-6,9,12-13H,7-8,10-11H2,1-3H3,(H,20,21)/t12-,13+,17-/m0/s1. The molecule has 2 aliphatic heterocycles. The van der Waals surface area contributed by atoms with Crippen LogP contribution in [0.1, 0.15) is 40.0 Å². The molecule has 5 heteroatoms. The van der Waals surface area contributed by atoms with Crippen molar-refractivity contribution in [3.8, 4) is 5.88 Å². The number of carbonyl (C=O) groups is 1. The van der Waals surface area contributed by atoms with Gasteiger partial charge in [-0.3, -0.25) is 4.90 Å². The van der Waals surface area contributed by atoms with Crippen LogP contribution in [-0.2, 0) is 0 Å². The average Bonchev–Trinajstić information content (AvgIpc) is 3.00. The molecule has 0 aliphatic carbocycles. The van der Waals surface area contributed by atoms with Crippen molar-refractivity contribution in [1.29, 1.82) is 0 Å². The zero-order valence-corrected chi connectivity index (χ0v) is 13.5. The third-order valence-corrected chi connectivity index (χ3v) is 5.46. The second kappa shape index (κ2) is 5.14. The van der Waals surface area contributed by atoms with Gasteiger partial charge in [0.25, 0.3) is 0 Å². The summed E-state index contributed by atoms with van der Waals surface area (Å²) in [5.41, 5.74) is -0.451. The Kier molecular flexibility index (Phi) is 3.54. The van der Waals surface area contributed by atoms with Crippen molar-refractivity contribution >= 4 is 6.09 Å². The molecule has 2 aliphatic rings. The van der Waals surface area contributed by atoms with Crippen LogP contribution in [-0.4, -0.2) is 39.3 Å². The van der Waals surface area contributed by atoms with Gasteiger partial charge in [-0.1, -0.05) is 26.8 Å². The summed E-state index contributed by atoms with van der Waals surface area (Å²) in [7, 11) is 0. The fourth-order valence-electron chi connectivity index (χ4n) is 4.61. The van der Waals surface area contributed by atoms with E-state index in [-0.39, 0.29) is 22.9 Å². The summed E-state index contributed by atoms with van der Waals surface area (Å²) in [6.45, 7) is 6.95. The van der Waals surface area contributed by atoms with Crippen LogP contribution in [0.25, 0.3) is 0 Å². The van der Waals surface area contributed by atoms with Gasteiger partial charge in [0.05, 0.1) is 12.1 Å². The molecule has 0 radical (unpaired) electrons. The fourth-order valence-corrected chi connectivity index (χ4v) is 4.61. The summed E-state index contributed by atoms with van der Waals surface area (Å²) in [6, 6.07) is 5.72. The molecule has 0 unspecified atom stereocenters. The Bertz CT molecular complexity index is 555. The minimum Gasteiger partial charge on any atom is -0.477 e. The zero-order chi connectivity index (χ0) is 16.0. The first-order valence-electron chi connectivity index (χ1n) is 7.92. The van der Waals surface area contributed by atoms with Gasteiger partial charge in [-0.15, -0.1) is 0 Å². The van der Waals surface area contributed by atoms with Crippen molar-refractivity contribution in [2.75, 3.05) is 6.61 Å². The second-order valence-electron chi connectivity index (χ2n) is 7.43. The zero-order valence-electron chi connectivity index (χ0n) is 13.5. The fraction of sp³-hybridized carbons (Fsp3) is 0.647. The Morgan fingerprint density at radius 1 is 1.50 bits per heavy atom. The minimum atomic E-state index is -0.794. The maximum Gasteiger partial charge on any atom is 0.408 e. The van der Waals surface area contributed by atoms with Gasteiger partial charge in [0, 0.05) is 24.2 Å². The van der Waals surface area contributed by atoms with Crippen LogP contribution in [0.4, 0.5) is 4.79 Å². The van der Waals surface area contributed by atoms with Gasteiger partial charge in [-0.25, -0.2) is 9.78 Å². The topological polar surface area (TPSA) is 62.7 Å². The van der Waals surface area contributed by atoms with Crippen molar-refractivity contribution in [1.82, 2.24) is 9.88 Å². The van der Waals surface area contributed by atoms with Crippen molar-refractivity contribution in [3.63, 3.8) is 0 Å². The maximum atomic E-state index is 11.8. The molecule has 1 aromatic rings. The molecule has 0 saturated carbocycles. The average molecular weight is 304 g/mol. The molecule has 3 atom stereocenters. The molecule has 2 saturated heterocycles. The summed E-state index contributed by atoms with van der Waals surface area (Å²) < 4.78 is 5.86. The van der Waals surface area contributed by atoms with Crippen LogP contribution in [0.5, 0.6) is 5.88 Å². The number of amides is 1. The number of fused-ring (bicyclic) bond motifs is 2. The second-order valence-corrected chi connectivity index (χ2v) is 7.43. The largest absolute Gasteiger partial charge is 0.477 e. The van der Waals surface area contributed by atoms with Crippen LogP contribution in [0, 0.1) is 11.3 Å². The lowest BCUT2D eigenvalue weighted by Gasteiger charge is -2.48. The predicted molar refractivity (Wildman–Crippen MR) is 82.9 cm³/mol. The van der Waals surface area contributed by atoms with Gasteiger partial charge in [-0.05, 0) is 30.7 Å². The number of aromatic nitrogens is 1.